The van der Waals surface area contributed by atoms with Gasteiger partial charge in [0.1, 0.15) is 0 Å². The molecule has 3 nitrogen and oxygen atoms in total. The van der Waals surface area contributed by atoms with Crippen molar-refractivity contribution in [2.24, 2.45) is 0 Å². The third-order valence-electron chi connectivity index (χ3n) is 2.71. The quantitative estimate of drug-likeness (QED) is 0.529. The Labute approximate surface area is 66.5 Å². The summed E-state index contributed by atoms with van der Waals surface area (Å²) in [6, 6.07) is 0.00750. The van der Waals surface area contributed by atoms with Gasteiger partial charge in [0.2, 0.25) is 5.91 Å². The van der Waals surface area contributed by atoms with Crippen LogP contribution in [0, 0.1) is 0 Å². The first-order chi connectivity index (χ1) is 5.22. The van der Waals surface area contributed by atoms with E-state index in [0.717, 1.165) is 12.8 Å². The zero-order valence-corrected chi connectivity index (χ0v) is 6.81. The highest BCUT2D eigenvalue weighted by Gasteiger charge is 2.42. The molecule has 1 heterocycles. The molecule has 1 aliphatic carbocycles. The van der Waals surface area contributed by atoms with Crippen LogP contribution in [0.4, 0.5) is 0 Å². The van der Waals surface area contributed by atoms with Gasteiger partial charge in [-0.25, -0.2) is 0 Å². The Kier molecular flexibility index (Phi) is 1.42. The van der Waals surface area contributed by atoms with E-state index in [0.29, 0.717) is 0 Å². The smallest absolute Gasteiger partial charge is 0.238 e. The van der Waals surface area contributed by atoms with Gasteiger partial charge < -0.3 is 5.32 Å². The van der Waals surface area contributed by atoms with Crippen molar-refractivity contribution < 1.29 is 4.79 Å². The average Bonchev–Trinajstić information content (AvgIpc) is 2.46. The molecule has 0 aromatic rings. The molecule has 0 bridgehead atoms. The van der Waals surface area contributed by atoms with E-state index in [4.69, 9.17) is 0 Å². The minimum atomic E-state index is -0.0174. The molecule has 2 aliphatic rings. The molecule has 0 aromatic heterocycles. The second-order valence-corrected chi connectivity index (χ2v) is 3.64. The fourth-order valence-corrected chi connectivity index (χ4v) is 2.11. The van der Waals surface area contributed by atoms with E-state index in [1.807, 2.05) is 6.92 Å². The fraction of sp³-hybridized carbons (Fsp3) is 0.875. The van der Waals surface area contributed by atoms with Crippen LogP contribution >= 0.6 is 0 Å². The van der Waals surface area contributed by atoms with Crippen LogP contribution in [0.15, 0.2) is 0 Å². The molecule has 3 heteroatoms. The molecular formula is C8H14N2O. The van der Waals surface area contributed by atoms with Crippen LogP contribution in [0.3, 0.4) is 0 Å². The van der Waals surface area contributed by atoms with Crippen molar-refractivity contribution in [2.75, 3.05) is 0 Å². The summed E-state index contributed by atoms with van der Waals surface area (Å²) < 4.78 is 0. The molecule has 11 heavy (non-hydrogen) atoms. The summed E-state index contributed by atoms with van der Waals surface area (Å²) in [6.07, 6.45) is 4.67. The standard InChI is InChI=1S/C8H14N2O/c1-6-7(11)10-8(9-6)4-2-3-5-8/h6,9H,2-5H2,1H3,(H,10,11). The first-order valence-corrected chi connectivity index (χ1v) is 4.32. The Morgan fingerprint density at radius 3 is 2.55 bits per heavy atom. The SMILES string of the molecule is CC1NC2(CCCC2)NC1=O. The minimum absolute atomic E-state index is 0.00750. The van der Waals surface area contributed by atoms with Gasteiger partial charge in [0.25, 0.3) is 0 Å². The van der Waals surface area contributed by atoms with Gasteiger partial charge in [0.05, 0.1) is 11.7 Å². The highest BCUT2D eigenvalue weighted by Crippen LogP contribution is 2.30. The molecule has 1 amide bonds. The van der Waals surface area contributed by atoms with Crippen LogP contribution in [0.25, 0.3) is 0 Å². The van der Waals surface area contributed by atoms with Crippen LogP contribution in [0.1, 0.15) is 32.6 Å². The van der Waals surface area contributed by atoms with Crippen LogP contribution in [-0.2, 0) is 4.79 Å². The van der Waals surface area contributed by atoms with Crippen molar-refractivity contribution in [2.45, 2.75) is 44.3 Å². The number of hydrogen-bond acceptors (Lipinski definition) is 2. The lowest BCUT2D eigenvalue weighted by Gasteiger charge is -2.23. The maximum absolute atomic E-state index is 11.2. The molecule has 1 aliphatic heterocycles. The monoisotopic (exact) mass is 154 g/mol. The molecule has 1 saturated heterocycles. The average molecular weight is 154 g/mol. The van der Waals surface area contributed by atoms with Crippen molar-refractivity contribution in [1.29, 1.82) is 0 Å². The third-order valence-corrected chi connectivity index (χ3v) is 2.71. The van der Waals surface area contributed by atoms with Gasteiger partial charge in [-0.3, -0.25) is 10.1 Å². The number of rotatable bonds is 0. The van der Waals surface area contributed by atoms with E-state index in [-0.39, 0.29) is 17.6 Å². The van der Waals surface area contributed by atoms with Crippen molar-refractivity contribution in [3.8, 4) is 0 Å². The number of carbonyl (C=O) groups is 1. The summed E-state index contributed by atoms with van der Waals surface area (Å²) in [5.41, 5.74) is -0.0174. The predicted octanol–water partition coefficient (Wildman–Crippen LogP) is 0.365. The molecule has 1 atom stereocenters. The Hall–Kier alpha value is -0.570. The summed E-state index contributed by atoms with van der Waals surface area (Å²) in [4.78, 5) is 11.2. The molecule has 1 saturated carbocycles. The Morgan fingerprint density at radius 2 is 2.09 bits per heavy atom. The second-order valence-electron chi connectivity index (χ2n) is 3.64. The molecule has 0 radical (unpaired) electrons. The van der Waals surface area contributed by atoms with E-state index in [9.17, 15) is 4.79 Å². The first-order valence-electron chi connectivity index (χ1n) is 4.32. The van der Waals surface area contributed by atoms with Crippen LogP contribution in [0.5, 0.6) is 0 Å². The lowest BCUT2D eigenvalue weighted by atomic mass is 10.1. The number of nitrogens with one attached hydrogen (secondary N) is 2. The van der Waals surface area contributed by atoms with Gasteiger partial charge in [0.15, 0.2) is 0 Å². The lowest BCUT2D eigenvalue weighted by Crippen LogP contribution is -2.47. The van der Waals surface area contributed by atoms with Crippen LogP contribution in [-0.4, -0.2) is 17.6 Å². The second kappa shape index (κ2) is 2.21. The zero-order valence-electron chi connectivity index (χ0n) is 6.81. The molecule has 62 valence electrons. The van der Waals surface area contributed by atoms with E-state index in [2.05, 4.69) is 10.6 Å². The summed E-state index contributed by atoms with van der Waals surface area (Å²) in [7, 11) is 0. The maximum atomic E-state index is 11.2. The topological polar surface area (TPSA) is 41.1 Å². The van der Waals surface area contributed by atoms with Gasteiger partial charge in [0, 0.05) is 0 Å². The zero-order chi connectivity index (χ0) is 7.90. The molecule has 1 spiro atoms. The number of amides is 1. The minimum Gasteiger partial charge on any atom is -0.337 e. The maximum Gasteiger partial charge on any atom is 0.238 e. The molecule has 1 unspecified atom stereocenters. The van der Waals surface area contributed by atoms with Crippen molar-refractivity contribution >= 4 is 5.91 Å². The highest BCUT2D eigenvalue weighted by molar-refractivity contribution is 5.84. The van der Waals surface area contributed by atoms with Crippen molar-refractivity contribution in [3.63, 3.8) is 0 Å². The summed E-state index contributed by atoms with van der Waals surface area (Å²) in [5, 5.41) is 6.35. The molecule has 0 aromatic carbocycles. The highest BCUT2D eigenvalue weighted by atomic mass is 16.2. The Bertz CT molecular complexity index is 185. The summed E-state index contributed by atoms with van der Waals surface area (Å²) in [6.45, 7) is 1.92. The van der Waals surface area contributed by atoms with E-state index < -0.39 is 0 Å². The number of carbonyl (C=O) groups excluding carboxylic acids is 1. The van der Waals surface area contributed by atoms with Crippen molar-refractivity contribution in [1.82, 2.24) is 10.6 Å². The predicted molar refractivity (Wildman–Crippen MR) is 41.9 cm³/mol. The van der Waals surface area contributed by atoms with E-state index >= 15 is 0 Å². The summed E-state index contributed by atoms with van der Waals surface area (Å²) >= 11 is 0. The molecule has 2 fully saturated rings. The molecule has 2 rings (SSSR count). The Balaban J connectivity index is 2.12. The van der Waals surface area contributed by atoms with Crippen LogP contribution in [0.2, 0.25) is 0 Å². The molecule has 2 N–H and O–H groups in total. The van der Waals surface area contributed by atoms with Gasteiger partial charge in [-0.15, -0.1) is 0 Å². The lowest BCUT2D eigenvalue weighted by molar-refractivity contribution is -0.120. The molecular weight excluding hydrogens is 140 g/mol. The fourth-order valence-electron chi connectivity index (χ4n) is 2.11. The van der Waals surface area contributed by atoms with Gasteiger partial charge in [-0.1, -0.05) is 0 Å². The van der Waals surface area contributed by atoms with Gasteiger partial charge in [-0.2, -0.15) is 0 Å². The van der Waals surface area contributed by atoms with Gasteiger partial charge in [-0.05, 0) is 32.6 Å². The third kappa shape index (κ3) is 1.03. The Morgan fingerprint density at radius 1 is 1.45 bits per heavy atom. The number of hydrogen-bond donors (Lipinski definition) is 2. The van der Waals surface area contributed by atoms with E-state index in [1.54, 1.807) is 0 Å². The summed E-state index contributed by atoms with van der Waals surface area (Å²) in [5.74, 6) is 0.159. The van der Waals surface area contributed by atoms with Gasteiger partial charge >= 0.3 is 0 Å². The van der Waals surface area contributed by atoms with Crippen LogP contribution < -0.4 is 10.6 Å². The first kappa shape index (κ1) is 7.10. The van der Waals surface area contributed by atoms with E-state index in [1.165, 1.54) is 12.8 Å². The van der Waals surface area contributed by atoms with Crippen molar-refractivity contribution in [3.05, 3.63) is 0 Å². The largest absolute Gasteiger partial charge is 0.337 e. The normalized spacial score (nSPS) is 34.6.